The maximum Gasteiger partial charge on any atom is 0.276 e. The number of hydrogen-bond donors (Lipinski definition) is 2. The molecule has 1 amide bonds. The van der Waals surface area contributed by atoms with Crippen molar-refractivity contribution in [3.8, 4) is 0 Å². The third-order valence-corrected chi connectivity index (χ3v) is 6.30. The van der Waals surface area contributed by atoms with Crippen LogP contribution in [0, 0.1) is 16.0 Å². The number of anilines is 2. The summed E-state index contributed by atoms with van der Waals surface area (Å²) in [6.07, 6.45) is 6.76. The van der Waals surface area contributed by atoms with Gasteiger partial charge in [-0.2, -0.15) is 4.98 Å². The molecule has 0 atom stereocenters. The highest BCUT2D eigenvalue weighted by molar-refractivity contribution is 5.92. The van der Waals surface area contributed by atoms with Crippen LogP contribution in [0.4, 0.5) is 17.5 Å². The van der Waals surface area contributed by atoms with Gasteiger partial charge in [-0.05, 0) is 55.9 Å². The second-order valence-corrected chi connectivity index (χ2v) is 9.04. The Morgan fingerprint density at radius 2 is 1.80 bits per heavy atom. The van der Waals surface area contributed by atoms with E-state index in [0.29, 0.717) is 24.0 Å². The standard InChI is InChI=1S/C26H30N6O3/c1-31(2)25-21-8-4-5-9-22(21)29-26(30-25)28-20-14-11-18(12-15-20)17-27-24(33)16-13-19-7-3-6-10-23(19)32(34)35/h3-10,13,16,18,20H,11-12,14-15,17H2,1-2H3,(H,27,33)(H,28,29,30). The van der Waals surface area contributed by atoms with E-state index in [0.717, 1.165) is 42.4 Å². The van der Waals surface area contributed by atoms with Crippen molar-refractivity contribution in [2.24, 2.45) is 5.92 Å². The van der Waals surface area contributed by atoms with Crippen molar-refractivity contribution in [3.63, 3.8) is 0 Å². The maximum atomic E-state index is 12.2. The first-order chi connectivity index (χ1) is 16.9. The molecule has 1 saturated carbocycles. The third-order valence-electron chi connectivity index (χ3n) is 6.30. The largest absolute Gasteiger partial charge is 0.362 e. The van der Waals surface area contributed by atoms with Crippen molar-refractivity contribution in [2.75, 3.05) is 30.9 Å². The molecular weight excluding hydrogens is 444 g/mol. The fourth-order valence-corrected chi connectivity index (χ4v) is 4.42. The number of fused-ring (bicyclic) bond motifs is 1. The Bertz CT molecular complexity index is 1230. The van der Waals surface area contributed by atoms with Crippen LogP contribution in [0.25, 0.3) is 17.0 Å². The zero-order valence-electron chi connectivity index (χ0n) is 20.0. The van der Waals surface area contributed by atoms with Gasteiger partial charge in [-0.15, -0.1) is 0 Å². The SMILES string of the molecule is CN(C)c1nc(NC2CCC(CNC(=O)C=Cc3ccccc3[N+](=O)[O-])CC2)nc2ccccc12. The summed E-state index contributed by atoms with van der Waals surface area (Å²) in [5, 5.41) is 18.6. The van der Waals surface area contributed by atoms with Crippen molar-refractivity contribution in [1.29, 1.82) is 0 Å². The molecule has 9 nitrogen and oxygen atoms in total. The number of rotatable bonds is 8. The predicted octanol–water partition coefficient (Wildman–Crippen LogP) is 4.40. The minimum absolute atomic E-state index is 0.0181. The zero-order valence-corrected chi connectivity index (χ0v) is 20.0. The molecule has 2 N–H and O–H groups in total. The van der Waals surface area contributed by atoms with Crippen LogP contribution in [-0.4, -0.2) is 47.5 Å². The molecule has 1 aliphatic rings. The molecule has 0 unspecified atom stereocenters. The Morgan fingerprint density at radius 3 is 2.54 bits per heavy atom. The summed E-state index contributed by atoms with van der Waals surface area (Å²) in [5.74, 6) is 1.68. The summed E-state index contributed by atoms with van der Waals surface area (Å²) in [4.78, 5) is 34.3. The number of nitrogens with one attached hydrogen (secondary N) is 2. The second kappa shape index (κ2) is 10.9. The predicted molar refractivity (Wildman–Crippen MR) is 138 cm³/mol. The van der Waals surface area contributed by atoms with Gasteiger partial charge in [0.25, 0.3) is 5.69 Å². The summed E-state index contributed by atoms with van der Waals surface area (Å²) in [6.45, 7) is 0.587. The lowest BCUT2D eigenvalue weighted by atomic mass is 9.86. The number of amides is 1. The number of nitro groups is 1. The Kier molecular flexibility index (Phi) is 7.54. The quantitative estimate of drug-likeness (QED) is 0.282. The van der Waals surface area contributed by atoms with Gasteiger partial charge < -0.3 is 15.5 Å². The van der Waals surface area contributed by atoms with Crippen LogP contribution in [0.15, 0.2) is 54.6 Å². The van der Waals surface area contributed by atoms with Gasteiger partial charge in [0.05, 0.1) is 16.0 Å². The van der Waals surface area contributed by atoms with Crippen LogP contribution >= 0.6 is 0 Å². The van der Waals surface area contributed by atoms with E-state index < -0.39 is 4.92 Å². The molecule has 1 fully saturated rings. The second-order valence-electron chi connectivity index (χ2n) is 9.04. The van der Waals surface area contributed by atoms with Crippen LogP contribution in [0.1, 0.15) is 31.2 Å². The number of carbonyl (C=O) groups is 1. The molecule has 1 aliphatic carbocycles. The van der Waals surface area contributed by atoms with Crippen LogP contribution < -0.4 is 15.5 Å². The number of para-hydroxylation sites is 2. The maximum absolute atomic E-state index is 12.2. The van der Waals surface area contributed by atoms with E-state index >= 15 is 0 Å². The molecule has 0 radical (unpaired) electrons. The molecule has 0 bridgehead atoms. The van der Waals surface area contributed by atoms with E-state index in [1.807, 2.05) is 43.3 Å². The molecule has 35 heavy (non-hydrogen) atoms. The molecular formula is C26H30N6O3. The highest BCUT2D eigenvalue weighted by Crippen LogP contribution is 2.28. The molecule has 9 heteroatoms. The Labute approximate surface area is 204 Å². The molecule has 1 heterocycles. The molecule has 1 aromatic heterocycles. The third kappa shape index (κ3) is 6.11. The Hall–Kier alpha value is -4.01. The lowest BCUT2D eigenvalue weighted by Gasteiger charge is -2.29. The van der Waals surface area contributed by atoms with Gasteiger partial charge in [-0.1, -0.05) is 24.3 Å². The van der Waals surface area contributed by atoms with E-state index in [1.165, 1.54) is 18.2 Å². The number of nitro benzene ring substituents is 1. The first-order valence-corrected chi connectivity index (χ1v) is 11.8. The van der Waals surface area contributed by atoms with E-state index in [-0.39, 0.29) is 17.6 Å². The average molecular weight is 475 g/mol. The molecule has 0 aliphatic heterocycles. The molecule has 2 aromatic carbocycles. The molecule has 0 spiro atoms. The van der Waals surface area contributed by atoms with E-state index in [2.05, 4.69) is 10.6 Å². The van der Waals surface area contributed by atoms with Crippen molar-refractivity contribution in [1.82, 2.24) is 15.3 Å². The minimum Gasteiger partial charge on any atom is -0.362 e. The molecule has 4 rings (SSSR count). The summed E-state index contributed by atoms with van der Waals surface area (Å²) in [7, 11) is 3.96. The number of hydrogen-bond acceptors (Lipinski definition) is 7. The van der Waals surface area contributed by atoms with Gasteiger partial charge >= 0.3 is 0 Å². The van der Waals surface area contributed by atoms with E-state index in [4.69, 9.17) is 9.97 Å². The summed E-state index contributed by atoms with van der Waals surface area (Å²) in [5.41, 5.74) is 1.31. The van der Waals surface area contributed by atoms with E-state index in [1.54, 1.807) is 18.2 Å². The average Bonchev–Trinajstić information content (AvgIpc) is 2.86. The summed E-state index contributed by atoms with van der Waals surface area (Å²) < 4.78 is 0. The number of aromatic nitrogens is 2. The summed E-state index contributed by atoms with van der Waals surface area (Å²) >= 11 is 0. The van der Waals surface area contributed by atoms with Crippen molar-refractivity contribution >= 4 is 40.3 Å². The van der Waals surface area contributed by atoms with Gasteiger partial charge in [0, 0.05) is 44.2 Å². The molecule has 3 aromatic rings. The lowest BCUT2D eigenvalue weighted by molar-refractivity contribution is -0.385. The Balaban J connectivity index is 1.27. The van der Waals surface area contributed by atoms with Gasteiger partial charge in [0.15, 0.2) is 0 Å². The monoisotopic (exact) mass is 474 g/mol. The van der Waals surface area contributed by atoms with Crippen LogP contribution in [0.5, 0.6) is 0 Å². The van der Waals surface area contributed by atoms with Crippen molar-refractivity contribution < 1.29 is 9.72 Å². The summed E-state index contributed by atoms with van der Waals surface area (Å²) in [6, 6.07) is 14.7. The first kappa shape index (κ1) is 24.1. The van der Waals surface area contributed by atoms with Gasteiger partial charge in [-0.3, -0.25) is 14.9 Å². The lowest BCUT2D eigenvalue weighted by Crippen LogP contribution is -2.33. The topological polar surface area (TPSA) is 113 Å². The number of benzene rings is 2. The molecule has 182 valence electrons. The number of nitrogens with zero attached hydrogens (tertiary/aromatic N) is 4. The van der Waals surface area contributed by atoms with E-state index in [9.17, 15) is 14.9 Å². The Morgan fingerprint density at radius 1 is 1.09 bits per heavy atom. The van der Waals surface area contributed by atoms with Crippen molar-refractivity contribution in [3.05, 3.63) is 70.3 Å². The van der Waals surface area contributed by atoms with Crippen LogP contribution in [0.2, 0.25) is 0 Å². The van der Waals surface area contributed by atoms with Crippen LogP contribution in [0.3, 0.4) is 0 Å². The highest BCUT2D eigenvalue weighted by atomic mass is 16.6. The zero-order chi connectivity index (χ0) is 24.8. The van der Waals surface area contributed by atoms with Gasteiger partial charge in [0.2, 0.25) is 11.9 Å². The van der Waals surface area contributed by atoms with Gasteiger partial charge in [0.1, 0.15) is 5.82 Å². The highest BCUT2D eigenvalue weighted by Gasteiger charge is 2.22. The smallest absolute Gasteiger partial charge is 0.276 e. The van der Waals surface area contributed by atoms with Gasteiger partial charge in [-0.25, -0.2) is 4.98 Å². The number of carbonyl (C=O) groups excluding carboxylic acids is 1. The fraction of sp³-hybridized carbons (Fsp3) is 0.346. The first-order valence-electron chi connectivity index (χ1n) is 11.8. The van der Waals surface area contributed by atoms with Crippen LogP contribution in [-0.2, 0) is 4.79 Å². The fourth-order valence-electron chi connectivity index (χ4n) is 4.42. The normalized spacial score (nSPS) is 17.9. The molecule has 0 saturated heterocycles. The van der Waals surface area contributed by atoms with Crippen molar-refractivity contribution in [2.45, 2.75) is 31.7 Å². The minimum atomic E-state index is -0.450.